The van der Waals surface area contributed by atoms with Gasteiger partial charge in [0.25, 0.3) is 10.0 Å². The van der Waals surface area contributed by atoms with Crippen LogP contribution >= 0.6 is 0 Å². The van der Waals surface area contributed by atoms with Gasteiger partial charge in [-0.3, -0.25) is 9.52 Å². The highest BCUT2D eigenvalue weighted by atomic mass is 32.2. The fraction of sp³-hybridized carbons (Fsp3) is 0.409. The lowest BCUT2D eigenvalue weighted by atomic mass is 9.92. The van der Waals surface area contributed by atoms with Gasteiger partial charge in [0.15, 0.2) is 0 Å². The minimum absolute atomic E-state index is 0.0324. The van der Waals surface area contributed by atoms with Crippen LogP contribution in [0, 0.1) is 24.1 Å². The topological polar surface area (TPSA) is 75.7 Å². The molecule has 3 rings (SSSR count). The Kier molecular flexibility index (Phi) is 5.82. The number of nitrogens with one attached hydrogen (secondary N) is 1. The molecule has 0 aromatic heterocycles. The fourth-order valence-electron chi connectivity index (χ4n) is 3.26. The third-order valence-electron chi connectivity index (χ3n) is 4.90. The van der Waals surface area contributed by atoms with Gasteiger partial charge in [0.2, 0.25) is 5.91 Å². The summed E-state index contributed by atoms with van der Waals surface area (Å²) in [7, 11) is -3.91. The van der Waals surface area contributed by atoms with Crippen molar-refractivity contribution < 1.29 is 22.3 Å². The van der Waals surface area contributed by atoms with Crippen LogP contribution in [0.5, 0.6) is 5.75 Å². The number of rotatable bonds is 5. The Labute approximate surface area is 177 Å². The van der Waals surface area contributed by atoms with Gasteiger partial charge in [0, 0.05) is 12.6 Å². The summed E-state index contributed by atoms with van der Waals surface area (Å²) in [6.45, 7) is 9.92. The molecule has 1 heterocycles. The first kappa shape index (κ1) is 22.1. The van der Waals surface area contributed by atoms with Gasteiger partial charge in [-0.05, 0) is 62.6 Å². The van der Waals surface area contributed by atoms with Crippen LogP contribution in [0.2, 0.25) is 0 Å². The summed E-state index contributed by atoms with van der Waals surface area (Å²) in [5, 5.41) is 0. The molecular formula is C22H27FN2O4S. The molecule has 0 saturated heterocycles. The average Bonchev–Trinajstić information content (AvgIpc) is 2.73. The van der Waals surface area contributed by atoms with Crippen molar-refractivity contribution in [1.82, 2.24) is 0 Å². The summed E-state index contributed by atoms with van der Waals surface area (Å²) >= 11 is 0. The van der Waals surface area contributed by atoms with E-state index in [1.807, 2.05) is 27.7 Å². The van der Waals surface area contributed by atoms with Crippen LogP contribution in [0.3, 0.4) is 0 Å². The SMILES string of the molecule is Cc1cc(S(=O)(=O)Nc2ccc3c(c2)OCC(C)(C)C(=O)N3CC(C)C)ccc1F. The lowest BCUT2D eigenvalue weighted by molar-refractivity contribution is -0.127. The summed E-state index contributed by atoms with van der Waals surface area (Å²) in [6, 6.07) is 8.48. The Hall–Kier alpha value is -2.61. The number of benzene rings is 2. The predicted octanol–water partition coefficient (Wildman–Crippen LogP) is 4.34. The molecule has 0 spiro atoms. The number of halogens is 1. The first-order valence-corrected chi connectivity index (χ1v) is 11.3. The molecule has 0 saturated carbocycles. The fourth-order valence-corrected chi connectivity index (χ4v) is 4.39. The molecule has 2 aromatic carbocycles. The van der Waals surface area contributed by atoms with E-state index in [2.05, 4.69) is 4.72 Å². The van der Waals surface area contributed by atoms with E-state index >= 15 is 0 Å². The number of hydrogen-bond acceptors (Lipinski definition) is 4. The molecule has 0 unspecified atom stereocenters. The summed E-state index contributed by atoms with van der Waals surface area (Å²) in [6.07, 6.45) is 0. The number of nitrogens with zero attached hydrogens (tertiary/aromatic N) is 1. The van der Waals surface area contributed by atoms with E-state index in [4.69, 9.17) is 4.74 Å². The van der Waals surface area contributed by atoms with Crippen molar-refractivity contribution >= 4 is 27.3 Å². The number of carbonyl (C=O) groups is 1. The Morgan fingerprint density at radius 2 is 1.90 bits per heavy atom. The van der Waals surface area contributed by atoms with E-state index in [0.29, 0.717) is 23.7 Å². The van der Waals surface area contributed by atoms with Crippen molar-refractivity contribution in [3.05, 3.63) is 47.8 Å². The van der Waals surface area contributed by atoms with Crippen molar-refractivity contribution in [2.45, 2.75) is 39.5 Å². The molecule has 8 heteroatoms. The minimum atomic E-state index is -3.91. The summed E-state index contributed by atoms with van der Waals surface area (Å²) in [4.78, 5) is 14.7. The number of ether oxygens (including phenoxy) is 1. The summed E-state index contributed by atoms with van der Waals surface area (Å²) in [5.41, 5.74) is 0.444. The Morgan fingerprint density at radius 3 is 2.53 bits per heavy atom. The second-order valence-electron chi connectivity index (χ2n) is 8.68. The highest BCUT2D eigenvalue weighted by Gasteiger charge is 2.38. The van der Waals surface area contributed by atoms with Crippen molar-refractivity contribution in [3.8, 4) is 5.75 Å². The van der Waals surface area contributed by atoms with Crippen LogP contribution in [-0.2, 0) is 14.8 Å². The van der Waals surface area contributed by atoms with E-state index in [1.165, 1.54) is 19.1 Å². The van der Waals surface area contributed by atoms with Gasteiger partial charge in [-0.25, -0.2) is 12.8 Å². The van der Waals surface area contributed by atoms with Crippen molar-refractivity contribution in [2.24, 2.45) is 11.3 Å². The number of carbonyl (C=O) groups excluding carboxylic acids is 1. The van der Waals surface area contributed by atoms with Gasteiger partial charge in [0.1, 0.15) is 18.2 Å². The van der Waals surface area contributed by atoms with Crippen LogP contribution in [0.1, 0.15) is 33.3 Å². The maximum atomic E-state index is 13.5. The van der Waals surface area contributed by atoms with Crippen LogP contribution in [-0.4, -0.2) is 27.5 Å². The van der Waals surface area contributed by atoms with E-state index in [1.54, 1.807) is 23.1 Å². The first-order chi connectivity index (χ1) is 13.9. The zero-order valence-electron chi connectivity index (χ0n) is 17.8. The Balaban J connectivity index is 1.96. The molecule has 30 heavy (non-hydrogen) atoms. The largest absolute Gasteiger partial charge is 0.490 e. The van der Waals surface area contributed by atoms with Crippen LogP contribution in [0.4, 0.5) is 15.8 Å². The molecule has 1 amide bonds. The maximum absolute atomic E-state index is 13.5. The highest BCUT2D eigenvalue weighted by Crippen LogP contribution is 2.39. The van der Waals surface area contributed by atoms with Gasteiger partial charge < -0.3 is 9.64 Å². The molecule has 0 atom stereocenters. The second-order valence-corrected chi connectivity index (χ2v) is 10.4. The van der Waals surface area contributed by atoms with E-state index in [9.17, 15) is 17.6 Å². The summed E-state index contributed by atoms with van der Waals surface area (Å²) in [5.74, 6) is 0.177. The molecule has 1 N–H and O–H groups in total. The van der Waals surface area contributed by atoms with E-state index in [0.717, 1.165) is 6.07 Å². The molecule has 1 aliphatic rings. The van der Waals surface area contributed by atoms with Gasteiger partial charge >= 0.3 is 0 Å². The van der Waals surface area contributed by atoms with E-state index in [-0.39, 0.29) is 28.9 Å². The first-order valence-electron chi connectivity index (χ1n) is 9.78. The van der Waals surface area contributed by atoms with Crippen molar-refractivity contribution in [2.75, 3.05) is 22.8 Å². The zero-order chi connectivity index (χ0) is 22.3. The normalized spacial score (nSPS) is 16.1. The monoisotopic (exact) mass is 434 g/mol. The Bertz CT molecular complexity index is 1080. The predicted molar refractivity (Wildman–Crippen MR) is 115 cm³/mol. The molecule has 0 bridgehead atoms. The van der Waals surface area contributed by atoms with E-state index < -0.39 is 21.3 Å². The number of sulfonamides is 1. The molecule has 2 aromatic rings. The molecular weight excluding hydrogens is 407 g/mol. The molecule has 1 aliphatic heterocycles. The molecule has 0 radical (unpaired) electrons. The average molecular weight is 435 g/mol. The third kappa shape index (κ3) is 4.43. The van der Waals surface area contributed by atoms with Gasteiger partial charge in [-0.2, -0.15) is 0 Å². The highest BCUT2D eigenvalue weighted by molar-refractivity contribution is 7.92. The lowest BCUT2D eigenvalue weighted by Crippen LogP contribution is -2.43. The number of fused-ring (bicyclic) bond motifs is 1. The number of anilines is 2. The molecule has 0 aliphatic carbocycles. The molecule has 0 fully saturated rings. The number of hydrogen-bond donors (Lipinski definition) is 1. The minimum Gasteiger partial charge on any atom is -0.490 e. The maximum Gasteiger partial charge on any atom is 0.261 e. The van der Waals surface area contributed by atoms with Crippen LogP contribution < -0.4 is 14.4 Å². The Morgan fingerprint density at radius 1 is 1.20 bits per heavy atom. The number of amides is 1. The van der Waals surface area contributed by atoms with Crippen molar-refractivity contribution in [3.63, 3.8) is 0 Å². The summed E-state index contributed by atoms with van der Waals surface area (Å²) < 4.78 is 47.4. The van der Waals surface area contributed by atoms with Crippen molar-refractivity contribution in [1.29, 1.82) is 0 Å². The smallest absolute Gasteiger partial charge is 0.261 e. The third-order valence-corrected chi connectivity index (χ3v) is 6.28. The van der Waals surface area contributed by atoms with Gasteiger partial charge in [0.05, 0.1) is 21.7 Å². The van der Waals surface area contributed by atoms with Crippen LogP contribution in [0.25, 0.3) is 0 Å². The standard InChI is InChI=1S/C22H27FN2O4S/c1-14(2)12-25-19-9-6-16(11-20(19)29-13-22(4,5)21(25)26)24-30(27,28)17-7-8-18(23)15(3)10-17/h6-11,14,24H,12-13H2,1-5H3. The molecule has 162 valence electrons. The number of aryl methyl sites for hydroxylation is 1. The lowest BCUT2D eigenvalue weighted by Gasteiger charge is -2.29. The van der Waals surface area contributed by atoms with Crippen LogP contribution in [0.15, 0.2) is 41.3 Å². The second kappa shape index (κ2) is 7.91. The molecule has 6 nitrogen and oxygen atoms in total. The van der Waals surface area contributed by atoms with Gasteiger partial charge in [-0.1, -0.05) is 13.8 Å². The quantitative estimate of drug-likeness (QED) is 0.759. The van der Waals surface area contributed by atoms with Gasteiger partial charge in [-0.15, -0.1) is 0 Å². The zero-order valence-corrected chi connectivity index (χ0v) is 18.6.